The Kier molecular flexibility index (Phi) is 3.26. The lowest BCUT2D eigenvalue weighted by Crippen LogP contribution is -2.13. The first-order valence-corrected chi connectivity index (χ1v) is 7.48. The molecule has 9 heteroatoms. The van der Waals surface area contributed by atoms with Crippen molar-refractivity contribution < 1.29 is 8.42 Å². The Balaban J connectivity index is 2.32. The highest BCUT2D eigenvalue weighted by atomic mass is 32.2. The minimum absolute atomic E-state index is 0.0152. The van der Waals surface area contributed by atoms with Crippen molar-refractivity contribution in [3.63, 3.8) is 0 Å². The quantitative estimate of drug-likeness (QED) is 0.868. The first-order chi connectivity index (χ1) is 8.42. The summed E-state index contributed by atoms with van der Waals surface area (Å²) in [6.07, 6.45) is 1.67. The minimum atomic E-state index is -3.76. The summed E-state index contributed by atoms with van der Waals surface area (Å²) in [7, 11) is -3.76. The third kappa shape index (κ3) is 2.46. The van der Waals surface area contributed by atoms with Gasteiger partial charge in [-0.3, -0.25) is 14.2 Å². The van der Waals surface area contributed by atoms with E-state index in [1.807, 2.05) is 6.92 Å². The zero-order valence-electron chi connectivity index (χ0n) is 9.80. The Bertz CT molecular complexity index is 710. The van der Waals surface area contributed by atoms with E-state index in [1.54, 1.807) is 16.9 Å². The summed E-state index contributed by atoms with van der Waals surface area (Å²) in [4.78, 5) is 13.1. The van der Waals surface area contributed by atoms with Crippen molar-refractivity contribution in [3.05, 3.63) is 27.6 Å². The van der Waals surface area contributed by atoms with E-state index < -0.39 is 14.9 Å². The van der Waals surface area contributed by atoms with Crippen molar-refractivity contribution in [1.82, 2.24) is 14.8 Å². The molecule has 0 fully saturated rings. The topological polar surface area (TPSA) is 96.9 Å². The molecule has 7 nitrogen and oxygen atoms in total. The van der Waals surface area contributed by atoms with Gasteiger partial charge in [-0.1, -0.05) is 11.3 Å². The van der Waals surface area contributed by atoms with Gasteiger partial charge in [0.15, 0.2) is 10.0 Å². The Hall–Kier alpha value is -1.61. The number of hydrogen-bond donors (Lipinski definition) is 2. The van der Waals surface area contributed by atoms with E-state index >= 15 is 0 Å². The van der Waals surface area contributed by atoms with Gasteiger partial charge >= 0.3 is 4.87 Å². The van der Waals surface area contributed by atoms with Crippen molar-refractivity contribution in [2.45, 2.75) is 24.6 Å². The summed E-state index contributed by atoms with van der Waals surface area (Å²) in [6.45, 7) is 4.09. The van der Waals surface area contributed by atoms with Crippen LogP contribution in [0, 0.1) is 6.92 Å². The molecule has 0 bridgehead atoms. The van der Waals surface area contributed by atoms with Gasteiger partial charge in [0.1, 0.15) is 0 Å². The molecular formula is C9H12N4O3S2. The van der Waals surface area contributed by atoms with Crippen molar-refractivity contribution >= 4 is 27.2 Å². The highest BCUT2D eigenvalue weighted by molar-refractivity contribution is 7.94. The maximum Gasteiger partial charge on any atom is 0.306 e. The van der Waals surface area contributed by atoms with Crippen LogP contribution >= 0.6 is 11.3 Å². The number of hydrogen-bond acceptors (Lipinski definition) is 5. The molecule has 0 aliphatic rings. The molecule has 2 heterocycles. The number of aromatic nitrogens is 3. The molecule has 0 aliphatic heterocycles. The molecule has 2 rings (SSSR count). The molecule has 0 aliphatic carbocycles. The third-order valence-electron chi connectivity index (χ3n) is 2.23. The molecule has 2 aromatic heterocycles. The Morgan fingerprint density at radius 1 is 1.56 bits per heavy atom. The molecule has 0 aromatic carbocycles. The molecule has 0 atom stereocenters. The number of nitrogens with zero attached hydrogens (tertiary/aromatic N) is 2. The summed E-state index contributed by atoms with van der Waals surface area (Å²) < 4.78 is 28.0. The third-order valence-corrected chi connectivity index (χ3v) is 5.19. The SMILES string of the molecule is CCn1ccc(NS(=O)(=O)c2sc(=O)[nH]c2C)n1. The number of aromatic amines is 1. The minimum Gasteiger partial charge on any atom is -0.315 e. The number of H-pyrrole nitrogens is 1. The van der Waals surface area contributed by atoms with Gasteiger partial charge in [0.25, 0.3) is 10.0 Å². The van der Waals surface area contributed by atoms with Gasteiger partial charge in [-0.05, 0) is 13.8 Å². The van der Waals surface area contributed by atoms with Gasteiger partial charge in [0.2, 0.25) is 0 Å². The molecule has 0 unspecified atom stereocenters. The number of rotatable bonds is 4. The van der Waals surface area contributed by atoms with Crippen molar-refractivity contribution in [3.8, 4) is 0 Å². The van der Waals surface area contributed by atoms with Crippen LogP contribution in [0.5, 0.6) is 0 Å². The normalized spacial score (nSPS) is 11.7. The van der Waals surface area contributed by atoms with Crippen LogP contribution in [-0.4, -0.2) is 23.2 Å². The van der Waals surface area contributed by atoms with Crippen LogP contribution in [0.1, 0.15) is 12.6 Å². The Morgan fingerprint density at radius 2 is 2.28 bits per heavy atom. The van der Waals surface area contributed by atoms with Crippen molar-refractivity contribution in [2.75, 3.05) is 4.72 Å². The summed E-state index contributed by atoms with van der Waals surface area (Å²) in [5.41, 5.74) is 0.326. The lowest BCUT2D eigenvalue weighted by atomic mass is 10.6. The summed E-state index contributed by atoms with van der Waals surface area (Å²) in [5.74, 6) is 0.233. The molecule has 2 N–H and O–H groups in total. The fourth-order valence-corrected chi connectivity index (χ4v) is 3.72. The van der Waals surface area contributed by atoms with Gasteiger partial charge < -0.3 is 4.98 Å². The largest absolute Gasteiger partial charge is 0.315 e. The maximum atomic E-state index is 12.0. The second-order valence-corrected chi connectivity index (χ2v) is 6.45. The number of aryl methyl sites for hydroxylation is 2. The standard InChI is InChI=1S/C9H12N4O3S2/c1-3-13-5-4-7(11-13)12-18(15,16)8-6(2)10-9(14)17-8/h4-5H,3H2,1-2H3,(H,10,14)(H,11,12). The highest BCUT2D eigenvalue weighted by Crippen LogP contribution is 2.19. The highest BCUT2D eigenvalue weighted by Gasteiger charge is 2.21. The fourth-order valence-electron chi connectivity index (χ4n) is 1.42. The van der Waals surface area contributed by atoms with Crippen molar-refractivity contribution in [1.29, 1.82) is 0 Å². The van der Waals surface area contributed by atoms with Crippen LogP contribution in [0.25, 0.3) is 0 Å². The molecule has 2 aromatic rings. The predicted molar refractivity (Wildman–Crippen MR) is 68.4 cm³/mol. The van der Waals surface area contributed by atoms with E-state index in [1.165, 1.54) is 6.92 Å². The molecule has 0 saturated carbocycles. The lowest BCUT2D eigenvalue weighted by molar-refractivity contribution is 0.601. The van der Waals surface area contributed by atoms with Crippen LogP contribution in [0.4, 0.5) is 5.82 Å². The van der Waals surface area contributed by atoms with Gasteiger partial charge in [0.05, 0.1) is 0 Å². The summed E-state index contributed by atoms with van der Waals surface area (Å²) in [6, 6.07) is 1.56. The Morgan fingerprint density at radius 3 is 2.78 bits per heavy atom. The van der Waals surface area contributed by atoms with Gasteiger partial charge in [-0.25, -0.2) is 8.42 Å². The number of thiazole rings is 1. The van der Waals surface area contributed by atoms with Gasteiger partial charge in [-0.15, -0.1) is 0 Å². The number of sulfonamides is 1. The molecule has 98 valence electrons. The molecular weight excluding hydrogens is 276 g/mol. The van der Waals surface area contributed by atoms with Gasteiger partial charge in [0, 0.05) is 24.5 Å². The van der Waals surface area contributed by atoms with Crippen LogP contribution in [0.2, 0.25) is 0 Å². The molecule has 0 radical (unpaired) electrons. The average molecular weight is 288 g/mol. The van der Waals surface area contributed by atoms with E-state index in [4.69, 9.17) is 0 Å². The predicted octanol–water partition coefficient (Wildman–Crippen LogP) is 0.762. The van der Waals surface area contributed by atoms with Crippen molar-refractivity contribution in [2.24, 2.45) is 0 Å². The van der Waals surface area contributed by atoms with E-state index in [0.717, 1.165) is 0 Å². The maximum absolute atomic E-state index is 12.0. The molecule has 18 heavy (non-hydrogen) atoms. The smallest absolute Gasteiger partial charge is 0.306 e. The van der Waals surface area contributed by atoms with Crippen LogP contribution in [0.3, 0.4) is 0 Å². The zero-order valence-corrected chi connectivity index (χ0v) is 11.4. The Labute approximate surface area is 108 Å². The monoisotopic (exact) mass is 288 g/mol. The number of nitrogens with one attached hydrogen (secondary N) is 2. The van der Waals surface area contributed by atoms with E-state index in [9.17, 15) is 13.2 Å². The van der Waals surface area contributed by atoms with E-state index in [2.05, 4.69) is 14.8 Å². The van der Waals surface area contributed by atoms with Crippen LogP contribution < -0.4 is 9.60 Å². The average Bonchev–Trinajstić information content (AvgIpc) is 2.84. The first-order valence-electron chi connectivity index (χ1n) is 5.18. The second-order valence-electron chi connectivity index (χ2n) is 3.59. The number of anilines is 1. The van der Waals surface area contributed by atoms with Crippen LogP contribution in [-0.2, 0) is 16.6 Å². The second kappa shape index (κ2) is 4.58. The molecule has 0 spiro atoms. The molecule has 0 saturated heterocycles. The van der Waals surface area contributed by atoms with E-state index in [0.29, 0.717) is 23.6 Å². The molecule has 0 amide bonds. The van der Waals surface area contributed by atoms with E-state index in [-0.39, 0.29) is 10.0 Å². The fraction of sp³-hybridized carbons (Fsp3) is 0.333. The lowest BCUT2D eigenvalue weighted by Gasteiger charge is -2.03. The zero-order chi connectivity index (χ0) is 13.3. The van der Waals surface area contributed by atoms with Gasteiger partial charge in [-0.2, -0.15) is 5.10 Å². The van der Waals surface area contributed by atoms with Crippen LogP contribution in [0.15, 0.2) is 21.3 Å². The summed E-state index contributed by atoms with van der Waals surface area (Å²) in [5, 5.41) is 4.02. The summed E-state index contributed by atoms with van der Waals surface area (Å²) >= 11 is 0.657. The first kappa shape index (κ1) is 12.8.